The number of imidazole rings is 2. The molecule has 0 aliphatic heterocycles. The van der Waals surface area contributed by atoms with Crippen LogP contribution in [0.3, 0.4) is 0 Å². The van der Waals surface area contributed by atoms with E-state index in [0.29, 0.717) is 71.8 Å². The number of hydrogen-bond donors (Lipinski definition) is 0. The SMILES string of the molecule is C.CC(C)c1ccn(C(C)C)n1.CC(C)c1ccn(C(C)C)n1.CC(C)c1cn(C(C)C)cn1.CC(C)c1cn(C(C)C)cn1.CC(C)c1cnn(C(C)C)c1.CC(C)c1cnn(C(C)C)c1. The molecule has 12 nitrogen and oxygen atoms in total. The van der Waals surface area contributed by atoms with Gasteiger partial charge in [0.1, 0.15) is 0 Å². The summed E-state index contributed by atoms with van der Waals surface area (Å²) in [7, 11) is 0. The highest BCUT2D eigenvalue weighted by atomic mass is 15.3. The molecule has 0 amide bonds. The summed E-state index contributed by atoms with van der Waals surface area (Å²) in [5.41, 5.74) is 7.35. The van der Waals surface area contributed by atoms with E-state index in [1.54, 1.807) is 0 Å². The maximum atomic E-state index is 4.43. The average molecular weight is 929 g/mol. The molecule has 6 rings (SSSR count). The van der Waals surface area contributed by atoms with Gasteiger partial charge in [-0.25, -0.2) is 9.97 Å². The Balaban J connectivity index is 0.000000778. The van der Waals surface area contributed by atoms with E-state index in [2.05, 4.69) is 243 Å². The maximum absolute atomic E-state index is 4.43. The fourth-order valence-electron chi connectivity index (χ4n) is 5.63. The van der Waals surface area contributed by atoms with Crippen molar-refractivity contribution in [1.29, 1.82) is 0 Å². The number of aromatic nitrogens is 12. The van der Waals surface area contributed by atoms with Gasteiger partial charge in [-0.3, -0.25) is 18.7 Å². The molecule has 6 aromatic heterocycles. The van der Waals surface area contributed by atoms with E-state index >= 15 is 0 Å². The average Bonchev–Trinajstić information content (AvgIpc) is 4.09. The molecule has 67 heavy (non-hydrogen) atoms. The Hall–Kier alpha value is -4.74. The van der Waals surface area contributed by atoms with Crippen LogP contribution in [0, 0.1) is 0 Å². The largest absolute Gasteiger partial charge is 0.335 e. The lowest BCUT2D eigenvalue weighted by Gasteiger charge is -2.04. The molecular formula is C55H100N12. The van der Waals surface area contributed by atoms with Gasteiger partial charge in [-0.2, -0.15) is 20.4 Å². The Kier molecular flexibility index (Phi) is 28.4. The van der Waals surface area contributed by atoms with Crippen molar-refractivity contribution in [3.05, 3.63) is 108 Å². The molecular weight excluding hydrogens is 829 g/mol. The van der Waals surface area contributed by atoms with Crippen LogP contribution in [0.4, 0.5) is 0 Å². The smallest absolute Gasteiger partial charge is 0.0951 e. The van der Waals surface area contributed by atoms with Gasteiger partial charge in [-0.1, -0.05) is 90.5 Å². The molecule has 6 aromatic rings. The molecule has 0 aliphatic carbocycles. The first kappa shape index (κ1) is 62.3. The Morgan fingerprint density at radius 2 is 0.612 bits per heavy atom. The lowest BCUT2D eigenvalue weighted by Crippen LogP contribution is -2.02. The molecule has 12 heteroatoms. The molecule has 6 heterocycles. The second-order valence-electron chi connectivity index (χ2n) is 20.9. The zero-order chi connectivity index (χ0) is 50.6. The van der Waals surface area contributed by atoms with Crippen molar-refractivity contribution in [2.75, 3.05) is 0 Å². The van der Waals surface area contributed by atoms with Crippen molar-refractivity contribution in [2.24, 2.45) is 0 Å². The van der Waals surface area contributed by atoms with Crippen molar-refractivity contribution in [3.63, 3.8) is 0 Å². The standard InChI is InChI=1S/6C9H16N2.CH4/c2*1-7(2)9-5-11(6-10-9)8(3)4;2*1-7(2)9-5-10-11(6-9)8(3)4;2*1-7(2)9-5-6-11(10-9)8(3)4;/h6*5-8H,1-4H3;1H4. The van der Waals surface area contributed by atoms with Crippen LogP contribution in [0.25, 0.3) is 0 Å². The van der Waals surface area contributed by atoms with Crippen molar-refractivity contribution >= 4 is 0 Å². The summed E-state index contributed by atoms with van der Waals surface area (Å²) < 4.78 is 12.2. The van der Waals surface area contributed by atoms with Crippen LogP contribution in [0.15, 0.2) is 74.4 Å². The Labute approximate surface area is 410 Å². The van der Waals surface area contributed by atoms with Crippen molar-refractivity contribution in [2.45, 2.75) is 245 Å². The molecule has 0 spiro atoms. The first-order valence-corrected chi connectivity index (χ1v) is 24.9. The lowest BCUT2D eigenvalue weighted by atomic mass is 10.1. The van der Waals surface area contributed by atoms with E-state index < -0.39 is 0 Å². The summed E-state index contributed by atoms with van der Waals surface area (Å²) in [5, 5.41) is 17.4. The summed E-state index contributed by atoms with van der Waals surface area (Å²) >= 11 is 0. The molecule has 0 aliphatic rings. The minimum absolute atomic E-state index is 0. The molecule has 0 radical (unpaired) electrons. The molecule has 0 unspecified atom stereocenters. The Bertz CT molecular complexity index is 1590. The molecule has 0 atom stereocenters. The molecule has 380 valence electrons. The molecule has 0 fully saturated rings. The minimum Gasteiger partial charge on any atom is -0.335 e. The number of hydrogen-bond acceptors (Lipinski definition) is 6. The van der Waals surface area contributed by atoms with Crippen LogP contribution in [0.1, 0.15) is 279 Å². The topological polar surface area (TPSA) is 107 Å². The van der Waals surface area contributed by atoms with Gasteiger partial charge >= 0.3 is 0 Å². The maximum Gasteiger partial charge on any atom is 0.0951 e. The normalized spacial score (nSPS) is 11.3. The van der Waals surface area contributed by atoms with Gasteiger partial charge < -0.3 is 9.13 Å². The zero-order valence-electron chi connectivity index (χ0n) is 46.2. The summed E-state index contributed by atoms with van der Waals surface area (Å²) in [4.78, 5) is 8.60. The minimum atomic E-state index is 0. The summed E-state index contributed by atoms with van der Waals surface area (Å²) in [5.74, 6) is 3.32. The van der Waals surface area contributed by atoms with Gasteiger partial charge in [0.15, 0.2) is 0 Å². The van der Waals surface area contributed by atoms with Gasteiger partial charge in [-0.05, 0) is 142 Å². The van der Waals surface area contributed by atoms with Crippen LogP contribution >= 0.6 is 0 Å². The first-order valence-electron chi connectivity index (χ1n) is 24.9. The van der Waals surface area contributed by atoms with Gasteiger partial charge in [0, 0.05) is 73.4 Å². The van der Waals surface area contributed by atoms with Crippen molar-refractivity contribution in [3.8, 4) is 0 Å². The Morgan fingerprint density at radius 1 is 0.328 bits per heavy atom. The van der Waals surface area contributed by atoms with E-state index in [1.807, 2.05) is 56.2 Å². The predicted molar refractivity (Wildman–Crippen MR) is 287 cm³/mol. The third kappa shape index (κ3) is 22.7. The zero-order valence-corrected chi connectivity index (χ0v) is 46.2. The van der Waals surface area contributed by atoms with Gasteiger partial charge in [0.25, 0.3) is 0 Å². The highest BCUT2D eigenvalue weighted by Crippen LogP contribution is 2.18. The second-order valence-corrected chi connectivity index (χ2v) is 20.9. The fraction of sp³-hybridized carbons (Fsp3) is 0.673. The van der Waals surface area contributed by atoms with E-state index in [4.69, 9.17) is 0 Å². The summed E-state index contributed by atoms with van der Waals surface area (Å²) in [6, 6.07) is 7.12. The summed E-state index contributed by atoms with van der Waals surface area (Å²) in [6.45, 7) is 51.7. The van der Waals surface area contributed by atoms with Crippen LogP contribution in [-0.2, 0) is 0 Å². The third-order valence-electron chi connectivity index (χ3n) is 10.8. The lowest BCUT2D eigenvalue weighted by molar-refractivity contribution is 0.523. The van der Waals surface area contributed by atoms with Gasteiger partial charge in [-0.15, -0.1) is 0 Å². The first-order chi connectivity index (χ1) is 30.7. The molecule has 0 bridgehead atoms. The molecule has 0 saturated carbocycles. The predicted octanol–water partition coefficient (Wildman–Crippen LogP) is 16.2. The highest BCUT2D eigenvalue weighted by Gasteiger charge is 2.08. The van der Waals surface area contributed by atoms with E-state index in [-0.39, 0.29) is 7.43 Å². The Morgan fingerprint density at radius 3 is 0.746 bits per heavy atom. The molecule has 0 N–H and O–H groups in total. The third-order valence-corrected chi connectivity index (χ3v) is 10.8. The van der Waals surface area contributed by atoms with Crippen molar-refractivity contribution < 1.29 is 0 Å². The van der Waals surface area contributed by atoms with Crippen LogP contribution < -0.4 is 0 Å². The van der Waals surface area contributed by atoms with Crippen LogP contribution in [-0.4, -0.2) is 58.2 Å². The van der Waals surface area contributed by atoms with E-state index in [0.717, 1.165) is 0 Å². The second kappa shape index (κ2) is 30.6. The molecule has 0 aromatic carbocycles. The van der Waals surface area contributed by atoms with E-state index in [9.17, 15) is 0 Å². The van der Waals surface area contributed by atoms with E-state index in [1.165, 1.54) is 33.9 Å². The van der Waals surface area contributed by atoms with Gasteiger partial charge in [0.2, 0.25) is 0 Å². The highest BCUT2D eigenvalue weighted by molar-refractivity contribution is 5.10. The quantitative estimate of drug-likeness (QED) is 0.121. The van der Waals surface area contributed by atoms with Crippen molar-refractivity contribution in [1.82, 2.24) is 58.2 Å². The number of rotatable bonds is 12. The molecule has 0 saturated heterocycles. The number of nitrogens with zero attached hydrogens (tertiary/aromatic N) is 12. The van der Waals surface area contributed by atoms with Crippen LogP contribution in [0.2, 0.25) is 0 Å². The monoisotopic (exact) mass is 929 g/mol. The van der Waals surface area contributed by atoms with Crippen LogP contribution in [0.5, 0.6) is 0 Å². The fourth-order valence-corrected chi connectivity index (χ4v) is 5.63. The summed E-state index contributed by atoms with van der Waals surface area (Å²) in [6.07, 6.45) is 20.3. The van der Waals surface area contributed by atoms with Gasteiger partial charge in [0.05, 0.1) is 47.8 Å².